The van der Waals surface area contributed by atoms with Crippen molar-refractivity contribution in [3.8, 4) is 17.2 Å². The van der Waals surface area contributed by atoms with Crippen molar-refractivity contribution in [1.82, 2.24) is 14.8 Å². The first-order chi connectivity index (χ1) is 16.7. The summed E-state index contributed by atoms with van der Waals surface area (Å²) in [5.74, 6) is -0.960. The fourth-order valence-corrected chi connectivity index (χ4v) is 4.83. The van der Waals surface area contributed by atoms with Crippen LogP contribution in [-0.4, -0.2) is 48.5 Å². The van der Waals surface area contributed by atoms with Gasteiger partial charge in [0, 0.05) is 23.9 Å². The molecule has 0 bridgehead atoms. The summed E-state index contributed by atoms with van der Waals surface area (Å²) >= 11 is 1.03. The van der Waals surface area contributed by atoms with E-state index in [-0.39, 0.29) is 22.8 Å². The molecule has 2 aromatic heterocycles. The average molecular weight is 503 g/mol. The predicted octanol–water partition coefficient (Wildman–Crippen LogP) is 4.76. The number of nitrogens with zero attached hydrogens (tertiary/aromatic N) is 4. The van der Waals surface area contributed by atoms with Crippen LogP contribution < -0.4 is 19.1 Å². The fourth-order valence-electron chi connectivity index (χ4n) is 3.80. The number of anilines is 1. The molecule has 4 rings (SSSR count). The zero-order valence-corrected chi connectivity index (χ0v) is 20.7. The van der Waals surface area contributed by atoms with Crippen molar-refractivity contribution in [2.75, 3.05) is 32.8 Å². The Kier molecular flexibility index (Phi) is 6.88. The highest BCUT2D eigenvalue weighted by atomic mass is 32.1. The van der Waals surface area contributed by atoms with Gasteiger partial charge in [-0.15, -0.1) is 0 Å². The lowest BCUT2D eigenvalue weighted by molar-refractivity contribution is 0.0985. The summed E-state index contributed by atoms with van der Waals surface area (Å²) in [4.78, 5) is 19.5. The van der Waals surface area contributed by atoms with Crippen LogP contribution >= 0.6 is 11.3 Å². The second-order valence-corrected chi connectivity index (χ2v) is 8.76. The number of benzene rings is 2. The van der Waals surface area contributed by atoms with Crippen LogP contribution in [0.1, 0.15) is 21.7 Å². The molecule has 0 aliphatic carbocycles. The lowest BCUT2D eigenvalue weighted by atomic mass is 10.1. The molecule has 4 aromatic rings. The van der Waals surface area contributed by atoms with Crippen LogP contribution in [0.5, 0.6) is 17.2 Å². The molecule has 0 saturated heterocycles. The smallest absolute Gasteiger partial charge is 0.260 e. The number of methoxy groups -OCH3 is 3. The highest BCUT2D eigenvalue weighted by Gasteiger charge is 2.26. The van der Waals surface area contributed by atoms with E-state index >= 15 is 0 Å². The van der Waals surface area contributed by atoms with Crippen LogP contribution in [0.4, 0.5) is 13.9 Å². The molecule has 184 valence electrons. The summed E-state index contributed by atoms with van der Waals surface area (Å²) in [5.41, 5.74) is 2.03. The van der Waals surface area contributed by atoms with Crippen LogP contribution in [0.2, 0.25) is 0 Å². The second kappa shape index (κ2) is 9.87. The number of hydrogen-bond donors (Lipinski definition) is 0. The number of ether oxygens (including phenoxy) is 3. The third kappa shape index (κ3) is 4.76. The zero-order chi connectivity index (χ0) is 25.3. The minimum absolute atomic E-state index is 0.000191. The number of amides is 1. The number of hydrogen-bond acceptors (Lipinski definition) is 7. The first kappa shape index (κ1) is 24.4. The van der Waals surface area contributed by atoms with Crippen LogP contribution in [0.25, 0.3) is 10.2 Å². The molecule has 11 heteroatoms. The molecule has 0 aliphatic rings. The molecular formula is C24H24F2N4O4S. The molecule has 0 atom stereocenters. The van der Waals surface area contributed by atoms with Crippen LogP contribution in [-0.2, 0) is 6.54 Å². The Morgan fingerprint density at radius 2 is 1.71 bits per heavy atom. The van der Waals surface area contributed by atoms with Crippen LogP contribution in [0.15, 0.2) is 30.3 Å². The number of thiazole rings is 1. The molecule has 0 aliphatic heterocycles. The quantitative estimate of drug-likeness (QED) is 0.346. The van der Waals surface area contributed by atoms with E-state index in [9.17, 15) is 13.6 Å². The lowest BCUT2D eigenvalue weighted by Crippen LogP contribution is -2.34. The maximum absolute atomic E-state index is 14.4. The maximum Gasteiger partial charge on any atom is 0.260 e. The third-order valence-corrected chi connectivity index (χ3v) is 6.45. The van der Waals surface area contributed by atoms with Crippen molar-refractivity contribution in [2.45, 2.75) is 20.4 Å². The van der Waals surface area contributed by atoms with Crippen molar-refractivity contribution in [1.29, 1.82) is 0 Å². The van der Waals surface area contributed by atoms with Gasteiger partial charge >= 0.3 is 0 Å². The molecule has 0 saturated carbocycles. The fraction of sp³-hybridized carbons (Fsp3) is 0.292. The molecule has 0 radical (unpaired) electrons. The first-order valence-corrected chi connectivity index (χ1v) is 11.5. The van der Waals surface area contributed by atoms with Crippen LogP contribution in [0.3, 0.4) is 0 Å². The summed E-state index contributed by atoms with van der Waals surface area (Å²) in [6, 6.07) is 6.97. The van der Waals surface area contributed by atoms with Gasteiger partial charge in [0.25, 0.3) is 5.91 Å². The van der Waals surface area contributed by atoms with Crippen molar-refractivity contribution < 1.29 is 27.8 Å². The summed E-state index contributed by atoms with van der Waals surface area (Å²) in [6.07, 6.45) is 0. The Balaban J connectivity index is 1.79. The Bertz CT molecular complexity index is 1380. The van der Waals surface area contributed by atoms with Gasteiger partial charge < -0.3 is 14.2 Å². The van der Waals surface area contributed by atoms with Gasteiger partial charge in [-0.05, 0) is 38.1 Å². The van der Waals surface area contributed by atoms with E-state index in [1.807, 2.05) is 19.9 Å². The number of carbonyl (C=O) groups is 1. The first-order valence-electron chi connectivity index (χ1n) is 10.6. The Hall–Kier alpha value is -3.73. The Morgan fingerprint density at radius 1 is 1.03 bits per heavy atom. The number of carbonyl (C=O) groups excluding carboxylic acids is 1. The molecular weight excluding hydrogens is 478 g/mol. The number of rotatable bonds is 8. The predicted molar refractivity (Wildman–Crippen MR) is 129 cm³/mol. The Morgan fingerprint density at radius 3 is 2.29 bits per heavy atom. The van der Waals surface area contributed by atoms with E-state index in [2.05, 4.69) is 10.1 Å². The summed E-state index contributed by atoms with van der Waals surface area (Å²) < 4.78 is 46.4. The van der Waals surface area contributed by atoms with E-state index in [0.717, 1.165) is 28.8 Å². The molecule has 2 heterocycles. The number of aromatic nitrogens is 3. The van der Waals surface area contributed by atoms with Crippen LogP contribution in [0, 0.1) is 25.5 Å². The average Bonchev–Trinajstić information content (AvgIpc) is 3.40. The molecule has 35 heavy (non-hydrogen) atoms. The van der Waals surface area contributed by atoms with Gasteiger partial charge in [0.15, 0.2) is 22.4 Å². The second-order valence-electron chi connectivity index (χ2n) is 7.75. The monoisotopic (exact) mass is 502 g/mol. The van der Waals surface area contributed by atoms with E-state index < -0.39 is 17.5 Å². The molecule has 0 unspecified atom stereocenters. The maximum atomic E-state index is 14.4. The largest absolute Gasteiger partial charge is 0.493 e. The normalized spacial score (nSPS) is 11.1. The van der Waals surface area contributed by atoms with E-state index in [1.54, 1.807) is 4.68 Å². The minimum atomic E-state index is -0.791. The standard InChI is InChI=1S/C24H24F2N4O4S/c1-13-8-14(2)30(28-13)7-6-29(24-27-21-17(26)11-16(25)12-20(21)35-24)23(31)15-9-18(32-3)22(34-5)19(10-15)33-4/h8-12H,6-7H2,1-5H3. The number of halogens is 2. The van der Waals surface area contributed by atoms with Gasteiger partial charge in [0.1, 0.15) is 11.3 Å². The molecule has 0 N–H and O–H groups in total. The van der Waals surface area contributed by atoms with E-state index in [0.29, 0.717) is 28.5 Å². The number of aryl methyl sites for hydroxylation is 2. The molecule has 8 nitrogen and oxygen atoms in total. The molecule has 1 amide bonds. The van der Waals surface area contributed by atoms with Gasteiger partial charge in [-0.3, -0.25) is 14.4 Å². The van der Waals surface area contributed by atoms with Crippen molar-refractivity contribution >= 4 is 32.6 Å². The lowest BCUT2D eigenvalue weighted by Gasteiger charge is -2.21. The molecule has 2 aromatic carbocycles. The topological polar surface area (TPSA) is 78.7 Å². The van der Waals surface area contributed by atoms with E-state index in [4.69, 9.17) is 14.2 Å². The summed E-state index contributed by atoms with van der Waals surface area (Å²) in [6.45, 7) is 4.35. The minimum Gasteiger partial charge on any atom is -0.493 e. The third-order valence-electron chi connectivity index (χ3n) is 5.43. The van der Waals surface area contributed by atoms with Crippen molar-refractivity contribution in [3.05, 3.63) is 58.9 Å². The Labute approximate surface area is 204 Å². The van der Waals surface area contributed by atoms with Crippen molar-refractivity contribution in [3.63, 3.8) is 0 Å². The SMILES string of the molecule is COc1cc(C(=O)N(CCn2nc(C)cc2C)c2nc3c(F)cc(F)cc3s2)cc(OC)c1OC. The molecule has 0 spiro atoms. The van der Waals surface area contributed by atoms with Gasteiger partial charge in [-0.1, -0.05) is 11.3 Å². The summed E-state index contributed by atoms with van der Waals surface area (Å²) in [7, 11) is 4.38. The van der Waals surface area contributed by atoms with Gasteiger partial charge in [0.2, 0.25) is 5.75 Å². The molecule has 0 fully saturated rings. The highest BCUT2D eigenvalue weighted by molar-refractivity contribution is 7.22. The number of fused-ring (bicyclic) bond motifs is 1. The van der Waals surface area contributed by atoms with E-state index in [1.165, 1.54) is 44.4 Å². The summed E-state index contributed by atoms with van der Waals surface area (Å²) in [5, 5.41) is 4.68. The zero-order valence-electron chi connectivity index (χ0n) is 19.9. The van der Waals surface area contributed by atoms with Crippen molar-refractivity contribution in [2.24, 2.45) is 0 Å². The van der Waals surface area contributed by atoms with Gasteiger partial charge in [-0.25, -0.2) is 13.8 Å². The van der Waals surface area contributed by atoms with Gasteiger partial charge in [0.05, 0.1) is 38.3 Å². The van der Waals surface area contributed by atoms with Gasteiger partial charge in [-0.2, -0.15) is 5.10 Å². The highest BCUT2D eigenvalue weighted by Crippen LogP contribution is 2.39.